The van der Waals surface area contributed by atoms with E-state index in [1.54, 1.807) is 7.11 Å². The Hall–Kier alpha value is -1.41. The quantitative estimate of drug-likeness (QED) is 0.432. The molecule has 1 rings (SSSR count). The highest BCUT2D eigenvalue weighted by Gasteiger charge is 2.05. The van der Waals surface area contributed by atoms with Crippen molar-refractivity contribution >= 4 is 5.71 Å². The van der Waals surface area contributed by atoms with Gasteiger partial charge >= 0.3 is 0 Å². The first-order chi connectivity index (χ1) is 12.2. The lowest BCUT2D eigenvalue weighted by Gasteiger charge is -2.08. The summed E-state index contributed by atoms with van der Waals surface area (Å²) < 4.78 is 5.11. The number of aliphatic imine (C=N–C) groups is 1. The van der Waals surface area contributed by atoms with Crippen LogP contribution >= 0.6 is 0 Å². The fourth-order valence-electron chi connectivity index (χ4n) is 3.06. The molecule has 25 heavy (non-hydrogen) atoms. The van der Waals surface area contributed by atoms with Gasteiger partial charge in [0.1, 0.15) is 0 Å². The Morgan fingerprint density at radius 2 is 2.08 bits per heavy atom. The third-order valence-corrected chi connectivity index (χ3v) is 4.68. The number of methoxy groups -OCH3 is 1. The molecule has 0 saturated carbocycles. The Bertz CT molecular complexity index is 520. The summed E-state index contributed by atoms with van der Waals surface area (Å²) in [6, 6.07) is 0. The fraction of sp³-hybridized carbons (Fsp3) is 0.609. The number of hydrogen-bond donors (Lipinski definition) is 0. The maximum atomic E-state index is 5.11. The van der Waals surface area contributed by atoms with Gasteiger partial charge < -0.3 is 4.74 Å². The average Bonchev–Trinajstić information content (AvgIpc) is 2.74. The Morgan fingerprint density at radius 3 is 2.80 bits per heavy atom. The standard InChI is InChI=1S/C23H37NO/c1-5-21(19-20(3)16-18-25-4)13-10-11-15-23-22(6-2)14-9-7-8-12-17-24-23/h5,10-11,14,16H,6-9,12-13,15,17-19H2,1-4H3/b11-10?,20-16-,21-5+,22-14-,24-23-. The van der Waals surface area contributed by atoms with Crippen LogP contribution in [0.15, 0.2) is 52.1 Å². The first-order valence-electron chi connectivity index (χ1n) is 9.87. The lowest BCUT2D eigenvalue weighted by atomic mass is 10.0. The summed E-state index contributed by atoms with van der Waals surface area (Å²) in [5.74, 6) is 0. The topological polar surface area (TPSA) is 21.6 Å². The molecule has 0 aliphatic carbocycles. The fourth-order valence-corrected chi connectivity index (χ4v) is 3.06. The molecular formula is C23H37NO. The summed E-state index contributed by atoms with van der Waals surface area (Å²) in [5, 5.41) is 0. The molecular weight excluding hydrogens is 306 g/mol. The molecule has 140 valence electrons. The van der Waals surface area contributed by atoms with E-state index < -0.39 is 0 Å². The second-order valence-corrected chi connectivity index (χ2v) is 6.77. The van der Waals surface area contributed by atoms with E-state index in [0.29, 0.717) is 6.61 Å². The molecule has 0 saturated heterocycles. The predicted molar refractivity (Wildman–Crippen MR) is 112 cm³/mol. The summed E-state index contributed by atoms with van der Waals surface area (Å²) in [6.07, 6.45) is 20.6. The van der Waals surface area contributed by atoms with Crippen molar-refractivity contribution < 1.29 is 4.74 Å². The van der Waals surface area contributed by atoms with Gasteiger partial charge in [0.05, 0.1) is 6.61 Å². The molecule has 0 bridgehead atoms. The normalized spacial score (nSPS) is 21.9. The number of hydrogen-bond acceptors (Lipinski definition) is 2. The van der Waals surface area contributed by atoms with Crippen molar-refractivity contribution in [2.45, 2.75) is 72.1 Å². The first-order valence-corrected chi connectivity index (χ1v) is 9.87. The van der Waals surface area contributed by atoms with E-state index in [0.717, 1.165) is 32.2 Å². The molecule has 0 aromatic heterocycles. The molecule has 2 heteroatoms. The minimum atomic E-state index is 0.699. The zero-order valence-corrected chi connectivity index (χ0v) is 16.8. The largest absolute Gasteiger partial charge is 0.381 e. The highest BCUT2D eigenvalue weighted by molar-refractivity contribution is 6.01. The number of ether oxygens (including phenoxy) is 1. The lowest BCUT2D eigenvalue weighted by Crippen LogP contribution is -2.02. The molecule has 1 heterocycles. The summed E-state index contributed by atoms with van der Waals surface area (Å²) in [4.78, 5) is 4.87. The Labute approximate surface area is 155 Å². The molecule has 0 radical (unpaired) electrons. The minimum Gasteiger partial charge on any atom is -0.381 e. The van der Waals surface area contributed by atoms with Crippen LogP contribution in [0.2, 0.25) is 0 Å². The van der Waals surface area contributed by atoms with E-state index in [4.69, 9.17) is 9.73 Å². The van der Waals surface area contributed by atoms with E-state index in [1.165, 1.54) is 48.1 Å². The molecule has 1 aliphatic heterocycles. The summed E-state index contributed by atoms with van der Waals surface area (Å²) in [6.45, 7) is 8.24. The van der Waals surface area contributed by atoms with E-state index in [1.807, 2.05) is 0 Å². The van der Waals surface area contributed by atoms with Gasteiger partial charge in [0.2, 0.25) is 0 Å². The number of rotatable bonds is 9. The third-order valence-electron chi connectivity index (χ3n) is 4.68. The van der Waals surface area contributed by atoms with E-state index in [9.17, 15) is 0 Å². The minimum absolute atomic E-state index is 0.699. The molecule has 2 nitrogen and oxygen atoms in total. The van der Waals surface area contributed by atoms with Crippen LogP contribution in [0.5, 0.6) is 0 Å². The van der Waals surface area contributed by atoms with Gasteiger partial charge in [0, 0.05) is 25.8 Å². The summed E-state index contributed by atoms with van der Waals surface area (Å²) >= 11 is 0. The van der Waals surface area contributed by atoms with Crippen LogP contribution in [0, 0.1) is 0 Å². The smallest absolute Gasteiger partial charge is 0.0646 e. The van der Waals surface area contributed by atoms with Crippen LogP contribution in [-0.2, 0) is 4.74 Å². The molecule has 0 atom stereocenters. The SMILES string of the molecule is C/C=C(\CC=CCC1=N/CCCCC/C=C\1CC)C/C(C)=C\COC. The monoisotopic (exact) mass is 343 g/mol. The molecule has 0 aromatic carbocycles. The zero-order chi connectivity index (χ0) is 18.3. The molecule has 0 fully saturated rings. The van der Waals surface area contributed by atoms with Crippen molar-refractivity contribution in [1.82, 2.24) is 0 Å². The van der Waals surface area contributed by atoms with Crippen molar-refractivity contribution in [2.75, 3.05) is 20.3 Å². The van der Waals surface area contributed by atoms with Crippen LogP contribution in [0.4, 0.5) is 0 Å². The zero-order valence-electron chi connectivity index (χ0n) is 16.8. The van der Waals surface area contributed by atoms with Crippen LogP contribution in [-0.4, -0.2) is 26.0 Å². The van der Waals surface area contributed by atoms with Gasteiger partial charge in [-0.05, 0) is 57.9 Å². The van der Waals surface area contributed by atoms with Gasteiger partial charge in [-0.1, -0.05) is 54.9 Å². The van der Waals surface area contributed by atoms with Crippen LogP contribution in [0.3, 0.4) is 0 Å². The lowest BCUT2D eigenvalue weighted by molar-refractivity contribution is 0.233. The maximum absolute atomic E-state index is 5.11. The third kappa shape index (κ3) is 9.60. The Balaban J connectivity index is 2.57. The van der Waals surface area contributed by atoms with Crippen molar-refractivity contribution in [3.05, 3.63) is 47.1 Å². The maximum Gasteiger partial charge on any atom is 0.0646 e. The molecule has 0 aromatic rings. The van der Waals surface area contributed by atoms with Gasteiger partial charge in [-0.25, -0.2) is 0 Å². The van der Waals surface area contributed by atoms with Crippen LogP contribution < -0.4 is 0 Å². The molecule has 0 amide bonds. The van der Waals surface area contributed by atoms with Crippen LogP contribution in [0.25, 0.3) is 0 Å². The summed E-state index contributed by atoms with van der Waals surface area (Å²) in [7, 11) is 1.74. The van der Waals surface area contributed by atoms with Gasteiger partial charge in [-0.15, -0.1) is 0 Å². The number of nitrogens with zero attached hydrogens (tertiary/aromatic N) is 1. The molecule has 0 N–H and O–H groups in total. The first kappa shape index (κ1) is 21.6. The molecule has 0 unspecified atom stereocenters. The average molecular weight is 344 g/mol. The van der Waals surface area contributed by atoms with Crippen LogP contribution in [0.1, 0.15) is 72.1 Å². The summed E-state index contributed by atoms with van der Waals surface area (Å²) in [5.41, 5.74) is 5.60. The van der Waals surface area contributed by atoms with Gasteiger partial charge in [0.25, 0.3) is 0 Å². The van der Waals surface area contributed by atoms with E-state index in [2.05, 4.69) is 51.2 Å². The number of allylic oxidation sites excluding steroid dienone is 7. The van der Waals surface area contributed by atoms with E-state index in [-0.39, 0.29) is 0 Å². The van der Waals surface area contributed by atoms with Crippen molar-refractivity contribution in [1.29, 1.82) is 0 Å². The highest BCUT2D eigenvalue weighted by Crippen LogP contribution is 2.17. The Morgan fingerprint density at radius 1 is 1.24 bits per heavy atom. The predicted octanol–water partition coefficient (Wildman–Crippen LogP) is 6.60. The van der Waals surface area contributed by atoms with Gasteiger partial charge in [0.15, 0.2) is 0 Å². The van der Waals surface area contributed by atoms with Gasteiger partial charge in [-0.3, -0.25) is 4.99 Å². The second-order valence-electron chi connectivity index (χ2n) is 6.77. The highest BCUT2D eigenvalue weighted by atomic mass is 16.5. The Kier molecular flexibility index (Phi) is 12.0. The van der Waals surface area contributed by atoms with Crippen molar-refractivity contribution in [3.8, 4) is 0 Å². The van der Waals surface area contributed by atoms with Crippen molar-refractivity contribution in [2.24, 2.45) is 4.99 Å². The molecule has 0 spiro atoms. The molecule has 1 aliphatic rings. The van der Waals surface area contributed by atoms with E-state index >= 15 is 0 Å². The van der Waals surface area contributed by atoms with Crippen molar-refractivity contribution in [3.63, 3.8) is 0 Å². The second kappa shape index (κ2) is 13.8. The van der Waals surface area contributed by atoms with Gasteiger partial charge in [-0.2, -0.15) is 0 Å².